The van der Waals surface area contributed by atoms with Crippen molar-refractivity contribution in [2.24, 2.45) is 4.99 Å². The van der Waals surface area contributed by atoms with Crippen molar-refractivity contribution < 1.29 is 9.47 Å². The quantitative estimate of drug-likeness (QED) is 0.551. The van der Waals surface area contributed by atoms with Crippen LogP contribution in [0.5, 0.6) is 11.5 Å². The number of benzene rings is 3. The minimum atomic E-state index is 0.610. The first-order valence-corrected chi connectivity index (χ1v) is 8.57. The van der Waals surface area contributed by atoms with Crippen molar-refractivity contribution in [3.05, 3.63) is 90.0 Å². The molecule has 0 atom stereocenters. The Morgan fingerprint density at radius 1 is 0.923 bits per heavy atom. The maximum atomic E-state index is 5.60. The van der Waals surface area contributed by atoms with Crippen LogP contribution >= 0.6 is 0 Å². The topological polar surface area (TPSA) is 30.8 Å². The summed E-state index contributed by atoms with van der Waals surface area (Å²) in [6, 6.07) is 25.7. The van der Waals surface area contributed by atoms with E-state index in [1.54, 1.807) is 7.11 Å². The van der Waals surface area contributed by atoms with E-state index in [1.165, 1.54) is 0 Å². The smallest absolute Gasteiger partial charge is 0.131 e. The Kier molecular flexibility index (Phi) is 5.87. The summed E-state index contributed by atoms with van der Waals surface area (Å²) in [5, 5.41) is 0. The highest BCUT2D eigenvalue weighted by Gasteiger charge is 2.12. The summed E-state index contributed by atoms with van der Waals surface area (Å²) in [4.78, 5) is 4.52. The first kappa shape index (κ1) is 17.5. The maximum Gasteiger partial charge on any atom is 0.131 e. The molecule has 0 saturated carbocycles. The van der Waals surface area contributed by atoms with Gasteiger partial charge in [0.25, 0.3) is 0 Å². The standard InChI is InChI=1S/C23H21NO2/c1-3-26-20-14-15-21(23(16-20)25-2)22(18-10-6-4-7-11-18)17-24-19-12-8-5-9-13-19/h4-16H,3H2,1-2H3. The summed E-state index contributed by atoms with van der Waals surface area (Å²) >= 11 is 0. The first-order valence-electron chi connectivity index (χ1n) is 8.57. The lowest BCUT2D eigenvalue weighted by molar-refractivity contribution is 0.336. The summed E-state index contributed by atoms with van der Waals surface area (Å²) in [5.74, 6) is 4.72. The highest BCUT2D eigenvalue weighted by atomic mass is 16.5. The van der Waals surface area contributed by atoms with E-state index in [1.807, 2.05) is 85.8 Å². The van der Waals surface area contributed by atoms with Crippen LogP contribution in [0.2, 0.25) is 0 Å². The van der Waals surface area contributed by atoms with E-state index in [4.69, 9.17) is 9.47 Å². The van der Waals surface area contributed by atoms with E-state index in [9.17, 15) is 0 Å². The number of hydrogen-bond acceptors (Lipinski definition) is 3. The number of nitrogens with zero attached hydrogens (tertiary/aromatic N) is 1. The number of rotatable bonds is 6. The van der Waals surface area contributed by atoms with Crippen LogP contribution in [-0.2, 0) is 0 Å². The van der Waals surface area contributed by atoms with Gasteiger partial charge in [-0.2, -0.15) is 0 Å². The fourth-order valence-electron chi connectivity index (χ4n) is 2.64. The highest BCUT2D eigenvalue weighted by molar-refractivity contribution is 6.01. The lowest BCUT2D eigenvalue weighted by Crippen LogP contribution is -1.97. The van der Waals surface area contributed by atoms with Gasteiger partial charge >= 0.3 is 0 Å². The molecule has 0 aromatic heterocycles. The normalized spacial score (nSPS) is 9.92. The van der Waals surface area contributed by atoms with Gasteiger partial charge in [0.1, 0.15) is 11.5 Å². The van der Waals surface area contributed by atoms with Gasteiger partial charge in [-0.3, -0.25) is 0 Å². The molecule has 3 aromatic rings. The summed E-state index contributed by atoms with van der Waals surface area (Å²) < 4.78 is 11.2. The van der Waals surface area contributed by atoms with Gasteiger partial charge in [0.2, 0.25) is 0 Å². The Morgan fingerprint density at radius 3 is 2.27 bits per heavy atom. The van der Waals surface area contributed by atoms with Crippen molar-refractivity contribution in [2.45, 2.75) is 6.92 Å². The van der Waals surface area contributed by atoms with Crippen molar-refractivity contribution in [1.82, 2.24) is 0 Å². The molecule has 0 radical (unpaired) electrons. The van der Waals surface area contributed by atoms with Crippen LogP contribution < -0.4 is 9.47 Å². The Bertz CT molecular complexity index is 911. The SMILES string of the molecule is CCOc1ccc(C(=C=Nc2ccccc2)c2ccccc2)c(OC)c1. The monoisotopic (exact) mass is 343 g/mol. The minimum Gasteiger partial charge on any atom is -0.496 e. The molecule has 3 aromatic carbocycles. The van der Waals surface area contributed by atoms with Crippen LogP contribution in [0.25, 0.3) is 5.57 Å². The van der Waals surface area contributed by atoms with Crippen LogP contribution in [0, 0.1) is 0 Å². The molecule has 0 amide bonds. The van der Waals surface area contributed by atoms with Crippen molar-refractivity contribution in [3.8, 4) is 11.5 Å². The molecule has 0 aliphatic heterocycles. The number of para-hydroxylation sites is 1. The maximum absolute atomic E-state index is 5.60. The summed E-state index contributed by atoms with van der Waals surface area (Å²) in [6.45, 7) is 2.57. The van der Waals surface area contributed by atoms with Crippen LogP contribution in [0.3, 0.4) is 0 Å². The van der Waals surface area contributed by atoms with Crippen LogP contribution in [0.4, 0.5) is 5.69 Å². The lowest BCUT2D eigenvalue weighted by atomic mass is 9.98. The molecule has 0 aliphatic rings. The van der Waals surface area contributed by atoms with Crippen LogP contribution in [0.15, 0.2) is 83.9 Å². The molecule has 0 saturated heterocycles. The fraction of sp³-hybridized carbons (Fsp3) is 0.130. The third kappa shape index (κ3) is 4.21. The number of aliphatic imine (C=N–C) groups is 1. The Balaban J connectivity index is 2.14. The fourth-order valence-corrected chi connectivity index (χ4v) is 2.64. The molecule has 0 heterocycles. The second-order valence-electron chi connectivity index (χ2n) is 5.60. The molecule has 26 heavy (non-hydrogen) atoms. The third-order valence-electron chi connectivity index (χ3n) is 3.87. The van der Waals surface area contributed by atoms with E-state index in [0.29, 0.717) is 6.61 Å². The molecule has 0 unspecified atom stereocenters. The lowest BCUT2D eigenvalue weighted by Gasteiger charge is -2.12. The molecular weight excluding hydrogens is 322 g/mol. The Morgan fingerprint density at radius 2 is 1.62 bits per heavy atom. The molecular formula is C23H21NO2. The second-order valence-corrected chi connectivity index (χ2v) is 5.60. The molecule has 3 rings (SSSR count). The van der Waals surface area contributed by atoms with E-state index < -0.39 is 0 Å². The Hall–Kier alpha value is -3.29. The van der Waals surface area contributed by atoms with E-state index in [2.05, 4.69) is 10.9 Å². The van der Waals surface area contributed by atoms with Gasteiger partial charge in [0.15, 0.2) is 0 Å². The van der Waals surface area contributed by atoms with Gasteiger partial charge in [-0.05, 0) is 42.6 Å². The van der Waals surface area contributed by atoms with E-state index in [0.717, 1.165) is 33.9 Å². The molecule has 3 heteroatoms. The second kappa shape index (κ2) is 8.70. The van der Waals surface area contributed by atoms with Gasteiger partial charge in [0.05, 0.1) is 25.0 Å². The molecule has 0 spiro atoms. The zero-order valence-electron chi connectivity index (χ0n) is 15.0. The van der Waals surface area contributed by atoms with Crippen LogP contribution in [0.1, 0.15) is 18.1 Å². The molecule has 0 N–H and O–H groups in total. The van der Waals surface area contributed by atoms with Crippen molar-refractivity contribution in [3.63, 3.8) is 0 Å². The molecule has 0 bridgehead atoms. The predicted octanol–water partition coefficient (Wildman–Crippen LogP) is 5.53. The Labute approximate surface area is 154 Å². The summed E-state index contributed by atoms with van der Waals surface area (Å²) in [5.41, 5.74) is 3.66. The number of hydrogen-bond donors (Lipinski definition) is 0. The summed E-state index contributed by atoms with van der Waals surface area (Å²) in [6.07, 6.45) is 0. The third-order valence-corrected chi connectivity index (χ3v) is 3.87. The molecule has 3 nitrogen and oxygen atoms in total. The summed E-state index contributed by atoms with van der Waals surface area (Å²) in [7, 11) is 1.66. The van der Waals surface area contributed by atoms with Gasteiger partial charge in [0, 0.05) is 11.6 Å². The average molecular weight is 343 g/mol. The minimum absolute atomic E-state index is 0.610. The molecule has 0 fully saturated rings. The number of methoxy groups -OCH3 is 1. The predicted molar refractivity (Wildman–Crippen MR) is 107 cm³/mol. The average Bonchev–Trinajstić information content (AvgIpc) is 2.70. The molecule has 0 aliphatic carbocycles. The van der Waals surface area contributed by atoms with Gasteiger partial charge < -0.3 is 9.47 Å². The van der Waals surface area contributed by atoms with Crippen molar-refractivity contribution in [2.75, 3.05) is 13.7 Å². The largest absolute Gasteiger partial charge is 0.496 e. The highest BCUT2D eigenvalue weighted by Crippen LogP contribution is 2.32. The van der Waals surface area contributed by atoms with Crippen molar-refractivity contribution in [1.29, 1.82) is 0 Å². The zero-order valence-corrected chi connectivity index (χ0v) is 15.0. The molecule has 130 valence electrons. The zero-order chi connectivity index (χ0) is 18.2. The van der Waals surface area contributed by atoms with E-state index >= 15 is 0 Å². The van der Waals surface area contributed by atoms with Crippen molar-refractivity contribution >= 4 is 17.1 Å². The van der Waals surface area contributed by atoms with Gasteiger partial charge in [-0.15, -0.1) is 0 Å². The van der Waals surface area contributed by atoms with Gasteiger partial charge in [-0.25, -0.2) is 4.99 Å². The number of ether oxygens (including phenoxy) is 2. The van der Waals surface area contributed by atoms with Gasteiger partial charge in [-0.1, -0.05) is 48.5 Å². The van der Waals surface area contributed by atoms with Crippen LogP contribution in [-0.4, -0.2) is 19.6 Å². The first-order chi connectivity index (χ1) is 12.8. The van der Waals surface area contributed by atoms with E-state index in [-0.39, 0.29) is 0 Å².